The highest BCUT2D eigenvalue weighted by atomic mass is 32.1. The molecule has 0 atom stereocenters. The van der Waals surface area contributed by atoms with E-state index in [9.17, 15) is 0 Å². The molecule has 0 radical (unpaired) electrons. The van der Waals surface area contributed by atoms with Gasteiger partial charge in [0.15, 0.2) is 5.84 Å². The van der Waals surface area contributed by atoms with Gasteiger partial charge < -0.3 is 5.73 Å². The summed E-state index contributed by atoms with van der Waals surface area (Å²) in [6, 6.07) is 3.95. The first-order valence-corrected chi connectivity index (χ1v) is 5.83. The van der Waals surface area contributed by atoms with Gasteiger partial charge in [0, 0.05) is 12.4 Å². The molecule has 0 aliphatic rings. The van der Waals surface area contributed by atoms with E-state index < -0.39 is 0 Å². The molecule has 0 amide bonds. The summed E-state index contributed by atoms with van der Waals surface area (Å²) in [5, 5.41) is 9.99. The van der Waals surface area contributed by atoms with Crippen molar-refractivity contribution in [2.24, 2.45) is 15.9 Å². The van der Waals surface area contributed by atoms with E-state index in [-0.39, 0.29) is 5.84 Å². The summed E-state index contributed by atoms with van der Waals surface area (Å²) >= 11 is 1.61. The summed E-state index contributed by atoms with van der Waals surface area (Å²) in [6.45, 7) is 1.89. The Morgan fingerprint density at radius 2 is 2.24 bits per heavy atom. The first kappa shape index (κ1) is 11.4. The van der Waals surface area contributed by atoms with Crippen molar-refractivity contribution in [2.45, 2.75) is 6.92 Å². The molecular formula is C11H11N5S. The molecular weight excluding hydrogens is 234 g/mol. The van der Waals surface area contributed by atoms with Gasteiger partial charge in [-0.3, -0.25) is 4.98 Å². The minimum atomic E-state index is 0.258. The van der Waals surface area contributed by atoms with Crippen molar-refractivity contribution in [3.05, 3.63) is 46.7 Å². The quantitative estimate of drug-likeness (QED) is 0.507. The predicted octanol–water partition coefficient (Wildman–Crippen LogP) is 1.67. The van der Waals surface area contributed by atoms with Crippen LogP contribution in [0, 0.1) is 0 Å². The molecule has 2 rings (SSSR count). The summed E-state index contributed by atoms with van der Waals surface area (Å²) < 4.78 is 0. The van der Waals surface area contributed by atoms with Crippen LogP contribution in [0.4, 0.5) is 0 Å². The van der Waals surface area contributed by atoms with E-state index >= 15 is 0 Å². The summed E-state index contributed by atoms with van der Waals surface area (Å²) in [5.74, 6) is 0.258. The molecule has 0 saturated carbocycles. The van der Waals surface area contributed by atoms with Crippen molar-refractivity contribution < 1.29 is 0 Å². The van der Waals surface area contributed by atoms with Gasteiger partial charge in [-0.25, -0.2) is 4.98 Å². The molecule has 6 heteroatoms. The maximum atomic E-state index is 5.74. The molecule has 0 spiro atoms. The number of aromatic nitrogens is 2. The van der Waals surface area contributed by atoms with Gasteiger partial charge in [-0.1, -0.05) is 6.07 Å². The topological polar surface area (TPSA) is 76.5 Å². The molecule has 0 aliphatic heterocycles. The largest absolute Gasteiger partial charge is 0.380 e. The zero-order valence-electron chi connectivity index (χ0n) is 9.24. The molecule has 2 aromatic heterocycles. The average Bonchev–Trinajstić information content (AvgIpc) is 2.90. The summed E-state index contributed by atoms with van der Waals surface area (Å²) in [7, 11) is 0. The average molecular weight is 245 g/mol. The lowest BCUT2D eigenvalue weighted by Crippen LogP contribution is -2.14. The Labute approximate surface area is 103 Å². The van der Waals surface area contributed by atoms with Crippen LogP contribution in [0.5, 0.6) is 0 Å². The smallest absolute Gasteiger partial charge is 0.173 e. The predicted molar refractivity (Wildman–Crippen MR) is 69.3 cm³/mol. The van der Waals surface area contributed by atoms with Crippen LogP contribution < -0.4 is 5.73 Å². The monoisotopic (exact) mass is 245 g/mol. The Kier molecular flexibility index (Phi) is 3.56. The molecule has 2 heterocycles. The van der Waals surface area contributed by atoms with Gasteiger partial charge in [0.05, 0.1) is 16.8 Å². The third-order valence-corrected chi connectivity index (χ3v) is 2.99. The first-order chi connectivity index (χ1) is 8.27. The van der Waals surface area contributed by atoms with Gasteiger partial charge in [-0.05, 0) is 18.4 Å². The van der Waals surface area contributed by atoms with Gasteiger partial charge in [0.25, 0.3) is 0 Å². The molecule has 0 fully saturated rings. The molecule has 0 bridgehead atoms. The Bertz CT molecular complexity index is 530. The Hall–Kier alpha value is -2.08. The standard InChI is InChI=1S/C11H11N5S/c1-8(10-3-2-6-17-10)15-16-11(12)9-7-13-4-5-14-9/h2-7H,1H3,(H2,12,16)/b15-8-. The van der Waals surface area contributed by atoms with E-state index in [4.69, 9.17) is 5.73 Å². The van der Waals surface area contributed by atoms with Crippen molar-refractivity contribution in [1.29, 1.82) is 0 Å². The zero-order chi connectivity index (χ0) is 12.1. The van der Waals surface area contributed by atoms with E-state index in [1.54, 1.807) is 29.9 Å². The van der Waals surface area contributed by atoms with E-state index in [0.717, 1.165) is 10.6 Å². The van der Waals surface area contributed by atoms with Crippen molar-refractivity contribution in [1.82, 2.24) is 9.97 Å². The minimum Gasteiger partial charge on any atom is -0.380 e. The minimum absolute atomic E-state index is 0.258. The Morgan fingerprint density at radius 3 is 2.88 bits per heavy atom. The van der Waals surface area contributed by atoms with Crippen molar-refractivity contribution in [2.75, 3.05) is 0 Å². The molecule has 0 aromatic carbocycles. The van der Waals surface area contributed by atoms with Gasteiger partial charge >= 0.3 is 0 Å². The fourth-order valence-electron chi connectivity index (χ4n) is 1.15. The Morgan fingerprint density at radius 1 is 1.35 bits per heavy atom. The van der Waals surface area contributed by atoms with Crippen molar-refractivity contribution in [3.8, 4) is 0 Å². The summed E-state index contributed by atoms with van der Waals surface area (Å²) in [4.78, 5) is 9.02. The molecule has 5 nitrogen and oxygen atoms in total. The van der Waals surface area contributed by atoms with Crippen LogP contribution in [-0.4, -0.2) is 21.5 Å². The number of thiophene rings is 1. The van der Waals surface area contributed by atoms with Crippen molar-refractivity contribution >= 4 is 22.9 Å². The first-order valence-electron chi connectivity index (χ1n) is 4.95. The summed E-state index contributed by atoms with van der Waals surface area (Å²) in [5.41, 5.74) is 7.09. The summed E-state index contributed by atoms with van der Waals surface area (Å²) in [6.07, 6.45) is 4.69. The van der Waals surface area contributed by atoms with E-state index in [1.165, 1.54) is 0 Å². The lowest BCUT2D eigenvalue weighted by atomic mass is 10.3. The lowest BCUT2D eigenvalue weighted by molar-refractivity contribution is 1.14. The van der Waals surface area contributed by atoms with Crippen LogP contribution in [0.1, 0.15) is 17.5 Å². The van der Waals surface area contributed by atoms with E-state index in [1.807, 2.05) is 24.4 Å². The third-order valence-electron chi connectivity index (χ3n) is 2.01. The number of hydrogen-bond acceptors (Lipinski definition) is 5. The Balaban J connectivity index is 2.18. The van der Waals surface area contributed by atoms with Crippen LogP contribution in [0.3, 0.4) is 0 Å². The molecule has 2 N–H and O–H groups in total. The highest BCUT2D eigenvalue weighted by Gasteiger charge is 2.00. The van der Waals surface area contributed by atoms with Gasteiger partial charge in [0.2, 0.25) is 0 Å². The van der Waals surface area contributed by atoms with Gasteiger partial charge in [-0.2, -0.15) is 5.10 Å². The lowest BCUT2D eigenvalue weighted by Gasteiger charge is -1.96. The van der Waals surface area contributed by atoms with E-state index in [0.29, 0.717) is 5.69 Å². The maximum Gasteiger partial charge on any atom is 0.173 e. The normalized spacial score (nSPS) is 12.8. The molecule has 0 unspecified atom stereocenters. The zero-order valence-corrected chi connectivity index (χ0v) is 10.1. The molecule has 17 heavy (non-hydrogen) atoms. The van der Waals surface area contributed by atoms with Gasteiger partial charge in [-0.15, -0.1) is 16.4 Å². The molecule has 2 aromatic rings. The van der Waals surface area contributed by atoms with Gasteiger partial charge in [0.1, 0.15) is 5.69 Å². The fourth-order valence-corrected chi connectivity index (χ4v) is 1.82. The molecule has 86 valence electrons. The second kappa shape index (κ2) is 5.31. The second-order valence-electron chi connectivity index (χ2n) is 3.24. The maximum absolute atomic E-state index is 5.74. The SMILES string of the molecule is C/C(=N/N=C(N)c1cnccn1)c1cccs1. The number of hydrogen-bond donors (Lipinski definition) is 1. The number of rotatable bonds is 3. The molecule has 0 aliphatic carbocycles. The number of amidine groups is 1. The van der Waals surface area contributed by atoms with Crippen LogP contribution in [-0.2, 0) is 0 Å². The van der Waals surface area contributed by atoms with Crippen LogP contribution in [0.25, 0.3) is 0 Å². The molecule has 0 saturated heterocycles. The fraction of sp³-hybridized carbons (Fsp3) is 0.0909. The van der Waals surface area contributed by atoms with Crippen LogP contribution >= 0.6 is 11.3 Å². The van der Waals surface area contributed by atoms with Crippen molar-refractivity contribution in [3.63, 3.8) is 0 Å². The van der Waals surface area contributed by atoms with E-state index in [2.05, 4.69) is 20.2 Å². The van der Waals surface area contributed by atoms with Crippen LogP contribution in [0.2, 0.25) is 0 Å². The number of nitrogens with zero attached hydrogens (tertiary/aromatic N) is 4. The third kappa shape index (κ3) is 2.94. The van der Waals surface area contributed by atoms with Crippen LogP contribution in [0.15, 0.2) is 46.3 Å². The highest BCUT2D eigenvalue weighted by molar-refractivity contribution is 7.12. The second-order valence-corrected chi connectivity index (χ2v) is 4.19. The number of nitrogens with two attached hydrogens (primary N) is 1. The highest BCUT2D eigenvalue weighted by Crippen LogP contribution is 2.09.